The van der Waals surface area contributed by atoms with Gasteiger partial charge in [-0.3, -0.25) is 4.79 Å². The van der Waals surface area contributed by atoms with Crippen molar-refractivity contribution >= 4 is 5.91 Å². The van der Waals surface area contributed by atoms with E-state index in [0.29, 0.717) is 24.9 Å². The highest BCUT2D eigenvalue weighted by atomic mass is 19.1. The van der Waals surface area contributed by atoms with Crippen molar-refractivity contribution in [2.75, 3.05) is 26.7 Å². The molecule has 0 aromatic rings. The molecular formula is C21H35FN2O2. The van der Waals surface area contributed by atoms with Crippen molar-refractivity contribution in [3.8, 4) is 0 Å². The van der Waals surface area contributed by atoms with Gasteiger partial charge in [0.25, 0.3) is 5.91 Å². The summed E-state index contributed by atoms with van der Waals surface area (Å²) < 4.78 is 20.2. The van der Waals surface area contributed by atoms with Gasteiger partial charge in [0, 0.05) is 25.2 Å². The van der Waals surface area contributed by atoms with Gasteiger partial charge in [0.2, 0.25) is 0 Å². The average Bonchev–Trinajstić information content (AvgIpc) is 2.58. The molecule has 0 saturated carbocycles. The van der Waals surface area contributed by atoms with E-state index in [1.54, 1.807) is 30.9 Å². The lowest BCUT2D eigenvalue weighted by atomic mass is 10.0. The van der Waals surface area contributed by atoms with Gasteiger partial charge in [-0.15, -0.1) is 0 Å². The maximum Gasteiger partial charge on any atom is 0.256 e. The quantitative estimate of drug-likeness (QED) is 0.361. The third-order valence-corrected chi connectivity index (χ3v) is 4.52. The summed E-state index contributed by atoms with van der Waals surface area (Å²) in [5.74, 6) is -0.325. The van der Waals surface area contributed by atoms with Crippen LogP contribution in [-0.2, 0) is 9.53 Å². The van der Waals surface area contributed by atoms with Crippen molar-refractivity contribution in [3.63, 3.8) is 0 Å². The number of piperidine rings is 1. The van der Waals surface area contributed by atoms with Gasteiger partial charge in [0.1, 0.15) is 5.83 Å². The van der Waals surface area contributed by atoms with Crippen LogP contribution in [0.1, 0.15) is 53.9 Å². The largest absolute Gasteiger partial charge is 0.496 e. The summed E-state index contributed by atoms with van der Waals surface area (Å²) in [6, 6.07) is 0.500. The fraction of sp³-hybridized carbons (Fsp3) is 0.667. The Balaban J connectivity index is 2.85. The zero-order valence-electron chi connectivity index (χ0n) is 17.2. The topological polar surface area (TPSA) is 32.8 Å². The lowest BCUT2D eigenvalue weighted by molar-refractivity contribution is -0.128. The van der Waals surface area contributed by atoms with E-state index >= 15 is 0 Å². The van der Waals surface area contributed by atoms with E-state index in [-0.39, 0.29) is 17.6 Å². The van der Waals surface area contributed by atoms with Gasteiger partial charge >= 0.3 is 0 Å². The smallest absolute Gasteiger partial charge is 0.256 e. The first-order valence-electron chi connectivity index (χ1n) is 9.67. The van der Waals surface area contributed by atoms with Crippen LogP contribution in [0.3, 0.4) is 0 Å². The molecule has 0 aromatic heterocycles. The Hall–Kier alpha value is -1.62. The molecule has 0 unspecified atom stereocenters. The highest BCUT2D eigenvalue weighted by molar-refractivity contribution is 5.97. The first-order valence-corrected chi connectivity index (χ1v) is 9.67. The summed E-state index contributed by atoms with van der Waals surface area (Å²) >= 11 is 0. The van der Waals surface area contributed by atoms with Gasteiger partial charge in [-0.25, -0.2) is 4.39 Å². The van der Waals surface area contributed by atoms with Crippen LogP contribution in [0.15, 0.2) is 35.4 Å². The maximum absolute atomic E-state index is 14.7. The molecule has 4 nitrogen and oxygen atoms in total. The summed E-state index contributed by atoms with van der Waals surface area (Å²) in [6.07, 6.45) is 7.50. The van der Waals surface area contributed by atoms with Crippen LogP contribution < -0.4 is 0 Å². The first kappa shape index (κ1) is 22.4. The fourth-order valence-corrected chi connectivity index (χ4v) is 3.30. The Morgan fingerprint density at radius 3 is 2.46 bits per heavy atom. The number of amides is 1. The number of carbonyl (C=O) groups excluding carboxylic acids is 1. The number of rotatable bonds is 8. The van der Waals surface area contributed by atoms with E-state index in [4.69, 9.17) is 4.74 Å². The lowest BCUT2D eigenvalue weighted by Crippen LogP contribution is -2.46. The van der Waals surface area contributed by atoms with Crippen LogP contribution in [0.5, 0.6) is 0 Å². The number of hydrogen-bond acceptors (Lipinski definition) is 3. The Bertz CT molecular complexity index is 544. The van der Waals surface area contributed by atoms with Crippen LogP contribution in [0.4, 0.5) is 4.39 Å². The Labute approximate surface area is 158 Å². The molecule has 5 heteroatoms. The number of allylic oxidation sites excluding steroid dienone is 4. The molecule has 1 heterocycles. The molecule has 0 atom stereocenters. The summed E-state index contributed by atoms with van der Waals surface area (Å²) in [7, 11) is 2.14. The molecule has 1 fully saturated rings. The van der Waals surface area contributed by atoms with Crippen LogP contribution >= 0.6 is 0 Å². The van der Waals surface area contributed by atoms with E-state index in [0.717, 1.165) is 25.8 Å². The highest BCUT2D eigenvalue weighted by Crippen LogP contribution is 2.21. The zero-order valence-corrected chi connectivity index (χ0v) is 17.2. The first-order chi connectivity index (χ1) is 12.3. The molecule has 148 valence electrons. The fourth-order valence-electron chi connectivity index (χ4n) is 3.30. The molecule has 1 rings (SSSR count). The van der Waals surface area contributed by atoms with Gasteiger partial charge in [-0.2, -0.15) is 0 Å². The maximum atomic E-state index is 14.7. The lowest BCUT2D eigenvalue weighted by Gasteiger charge is -2.36. The van der Waals surface area contributed by atoms with E-state index in [2.05, 4.69) is 18.9 Å². The minimum absolute atomic E-state index is 0.0287. The molecule has 1 saturated heterocycles. The number of nitrogens with zero attached hydrogens (tertiary/aromatic N) is 2. The Morgan fingerprint density at radius 2 is 1.96 bits per heavy atom. The van der Waals surface area contributed by atoms with Gasteiger partial charge in [0.05, 0.1) is 17.4 Å². The van der Waals surface area contributed by atoms with Crippen molar-refractivity contribution in [1.82, 2.24) is 9.80 Å². The highest BCUT2D eigenvalue weighted by Gasteiger charge is 2.27. The number of carbonyl (C=O) groups is 1. The normalized spacial score (nSPS) is 18.0. The van der Waals surface area contributed by atoms with Crippen LogP contribution in [-0.4, -0.2) is 54.5 Å². The predicted octanol–water partition coefficient (Wildman–Crippen LogP) is 4.45. The minimum atomic E-state index is -0.545. The van der Waals surface area contributed by atoms with Gasteiger partial charge < -0.3 is 14.5 Å². The van der Waals surface area contributed by atoms with Crippen molar-refractivity contribution in [1.29, 1.82) is 0 Å². The van der Waals surface area contributed by atoms with Crippen LogP contribution in [0, 0.1) is 0 Å². The van der Waals surface area contributed by atoms with Gasteiger partial charge in [0.15, 0.2) is 0 Å². The standard InChI is InChI=1S/C21H35FN2O2/c1-7-9-19(20(22)15-17(5)26-16(3)4)21(25)24-13-10-18(11-14-24)23(6)12-8-2/h7,9,15-16,18H,8,10-14H2,1-6H3/b9-7-,17-15+,20-19-. The SMILES string of the molecule is C\C=C/C(C(=O)N1CCC(N(C)CCC)CC1)=C(F)\C=C(/C)OC(C)C. The monoisotopic (exact) mass is 366 g/mol. The summed E-state index contributed by atoms with van der Waals surface area (Å²) in [5.41, 5.74) is 0.0968. The van der Waals surface area contributed by atoms with Crippen molar-refractivity contribution in [3.05, 3.63) is 35.4 Å². The zero-order chi connectivity index (χ0) is 19.7. The van der Waals surface area contributed by atoms with E-state index in [1.807, 2.05) is 13.8 Å². The molecule has 0 aromatic carbocycles. The van der Waals surface area contributed by atoms with E-state index in [1.165, 1.54) is 6.08 Å². The molecule has 0 spiro atoms. The predicted molar refractivity (Wildman–Crippen MR) is 105 cm³/mol. The molecular weight excluding hydrogens is 331 g/mol. The molecule has 0 bridgehead atoms. The average molecular weight is 367 g/mol. The second kappa shape index (κ2) is 11.2. The number of likely N-dealkylation sites (tertiary alicyclic amines) is 1. The molecule has 1 aliphatic rings. The van der Waals surface area contributed by atoms with Crippen molar-refractivity contribution in [2.45, 2.75) is 66.0 Å². The second-order valence-corrected chi connectivity index (χ2v) is 7.19. The summed E-state index contributed by atoms with van der Waals surface area (Å²) in [6.45, 7) is 11.8. The van der Waals surface area contributed by atoms with Crippen LogP contribution in [0.25, 0.3) is 0 Å². The van der Waals surface area contributed by atoms with Crippen molar-refractivity contribution in [2.24, 2.45) is 0 Å². The summed E-state index contributed by atoms with van der Waals surface area (Å²) in [5, 5.41) is 0. The summed E-state index contributed by atoms with van der Waals surface area (Å²) in [4.78, 5) is 17.0. The van der Waals surface area contributed by atoms with E-state index in [9.17, 15) is 9.18 Å². The number of hydrogen-bond donors (Lipinski definition) is 0. The second-order valence-electron chi connectivity index (χ2n) is 7.19. The molecule has 26 heavy (non-hydrogen) atoms. The molecule has 1 amide bonds. The number of halogens is 1. The molecule has 1 aliphatic heterocycles. The van der Waals surface area contributed by atoms with E-state index < -0.39 is 5.83 Å². The molecule has 0 radical (unpaired) electrons. The van der Waals surface area contributed by atoms with Gasteiger partial charge in [-0.05, 0) is 60.5 Å². The minimum Gasteiger partial charge on any atom is -0.496 e. The Morgan fingerprint density at radius 1 is 1.35 bits per heavy atom. The van der Waals surface area contributed by atoms with Gasteiger partial charge in [-0.1, -0.05) is 19.1 Å². The third kappa shape index (κ3) is 6.94. The Kier molecular flexibility index (Phi) is 9.63. The third-order valence-electron chi connectivity index (χ3n) is 4.52. The number of ether oxygens (including phenoxy) is 1. The molecule has 0 aliphatic carbocycles. The van der Waals surface area contributed by atoms with Crippen molar-refractivity contribution < 1.29 is 13.9 Å². The molecule has 0 N–H and O–H groups in total. The van der Waals surface area contributed by atoms with Crippen LogP contribution in [0.2, 0.25) is 0 Å².